The fourth-order valence-electron chi connectivity index (χ4n) is 2.86. The Bertz CT molecular complexity index is 884. The largest absolute Gasteiger partial charge is 0.493 e. The highest BCUT2D eigenvalue weighted by Crippen LogP contribution is 2.29. The zero-order valence-corrected chi connectivity index (χ0v) is 16.9. The second-order valence-corrected chi connectivity index (χ2v) is 6.49. The number of hydrogen-bond donors (Lipinski definition) is 1. The molecule has 0 radical (unpaired) electrons. The third-order valence-electron chi connectivity index (χ3n) is 4.28. The molecular formula is C23H25ClFNO2. The van der Waals surface area contributed by atoms with Gasteiger partial charge in [-0.05, 0) is 47.9 Å². The first-order valence-electron chi connectivity index (χ1n) is 8.94. The summed E-state index contributed by atoms with van der Waals surface area (Å²) in [4.78, 5) is 0. The van der Waals surface area contributed by atoms with Gasteiger partial charge in [0.1, 0.15) is 12.4 Å². The zero-order chi connectivity index (χ0) is 19.1. The van der Waals surface area contributed by atoms with E-state index < -0.39 is 0 Å². The average molecular weight is 402 g/mol. The van der Waals surface area contributed by atoms with Gasteiger partial charge in [-0.1, -0.05) is 48.0 Å². The van der Waals surface area contributed by atoms with Gasteiger partial charge >= 0.3 is 0 Å². The van der Waals surface area contributed by atoms with E-state index in [1.54, 1.807) is 19.2 Å². The first-order chi connectivity index (χ1) is 13.1. The van der Waals surface area contributed by atoms with Crippen LogP contribution in [0.4, 0.5) is 4.39 Å². The minimum absolute atomic E-state index is 0. The Morgan fingerprint density at radius 1 is 0.821 bits per heavy atom. The molecule has 3 aromatic rings. The number of benzene rings is 3. The van der Waals surface area contributed by atoms with Gasteiger partial charge in [-0.15, -0.1) is 12.4 Å². The van der Waals surface area contributed by atoms with Gasteiger partial charge in [0.25, 0.3) is 0 Å². The lowest BCUT2D eigenvalue weighted by molar-refractivity contribution is 0.284. The second-order valence-electron chi connectivity index (χ2n) is 6.49. The molecule has 3 rings (SSSR count). The molecular weight excluding hydrogens is 377 g/mol. The van der Waals surface area contributed by atoms with Crippen molar-refractivity contribution in [1.29, 1.82) is 0 Å². The van der Waals surface area contributed by atoms with Crippen LogP contribution >= 0.6 is 12.4 Å². The lowest BCUT2D eigenvalue weighted by atomic mass is 10.1. The molecule has 0 bridgehead atoms. The van der Waals surface area contributed by atoms with Crippen LogP contribution in [0.15, 0.2) is 66.7 Å². The third kappa shape index (κ3) is 6.25. The van der Waals surface area contributed by atoms with Gasteiger partial charge in [0.2, 0.25) is 0 Å². The maximum absolute atomic E-state index is 12.9. The molecule has 0 aromatic heterocycles. The monoisotopic (exact) mass is 401 g/mol. The molecule has 3 nitrogen and oxygen atoms in total. The van der Waals surface area contributed by atoms with Crippen LogP contribution < -0.4 is 14.8 Å². The van der Waals surface area contributed by atoms with Crippen molar-refractivity contribution in [3.05, 3.63) is 94.8 Å². The van der Waals surface area contributed by atoms with E-state index in [1.165, 1.54) is 17.7 Å². The Morgan fingerprint density at radius 3 is 2.25 bits per heavy atom. The van der Waals surface area contributed by atoms with Crippen molar-refractivity contribution < 1.29 is 13.9 Å². The van der Waals surface area contributed by atoms with E-state index in [-0.39, 0.29) is 18.2 Å². The lowest BCUT2D eigenvalue weighted by Crippen LogP contribution is -2.12. The van der Waals surface area contributed by atoms with Gasteiger partial charge in [-0.2, -0.15) is 0 Å². The summed E-state index contributed by atoms with van der Waals surface area (Å²) in [6.45, 7) is 3.93. The fraction of sp³-hybridized carbons (Fsp3) is 0.217. The molecule has 0 aliphatic heterocycles. The van der Waals surface area contributed by atoms with Crippen LogP contribution in [0.2, 0.25) is 0 Å². The van der Waals surface area contributed by atoms with Gasteiger partial charge in [-0.3, -0.25) is 0 Å². The molecule has 148 valence electrons. The molecule has 0 heterocycles. The Kier molecular flexibility index (Phi) is 8.30. The van der Waals surface area contributed by atoms with Crippen molar-refractivity contribution in [3.63, 3.8) is 0 Å². The molecule has 0 atom stereocenters. The summed E-state index contributed by atoms with van der Waals surface area (Å²) < 4.78 is 24.3. The smallest absolute Gasteiger partial charge is 0.161 e. The Balaban J connectivity index is 0.00000280. The van der Waals surface area contributed by atoms with Gasteiger partial charge < -0.3 is 14.8 Å². The van der Waals surface area contributed by atoms with E-state index in [1.807, 2.05) is 30.3 Å². The maximum Gasteiger partial charge on any atom is 0.161 e. The number of aryl methyl sites for hydroxylation is 1. The van der Waals surface area contributed by atoms with Gasteiger partial charge in [0.15, 0.2) is 11.5 Å². The molecule has 0 saturated carbocycles. The van der Waals surface area contributed by atoms with Crippen LogP contribution in [0.3, 0.4) is 0 Å². The molecule has 0 aliphatic rings. The summed E-state index contributed by atoms with van der Waals surface area (Å²) >= 11 is 0. The first-order valence-corrected chi connectivity index (χ1v) is 8.94. The number of rotatable bonds is 8. The van der Waals surface area contributed by atoms with Crippen LogP contribution in [0, 0.1) is 12.7 Å². The van der Waals surface area contributed by atoms with E-state index in [4.69, 9.17) is 9.47 Å². The molecule has 0 amide bonds. The van der Waals surface area contributed by atoms with Crippen molar-refractivity contribution in [2.45, 2.75) is 26.6 Å². The Labute approximate surface area is 171 Å². The van der Waals surface area contributed by atoms with Gasteiger partial charge in [0.05, 0.1) is 7.11 Å². The maximum atomic E-state index is 12.9. The van der Waals surface area contributed by atoms with E-state index in [2.05, 4.69) is 24.4 Å². The average Bonchev–Trinajstić information content (AvgIpc) is 2.68. The highest BCUT2D eigenvalue weighted by Gasteiger charge is 2.07. The molecule has 0 saturated heterocycles. The van der Waals surface area contributed by atoms with Crippen molar-refractivity contribution in [1.82, 2.24) is 5.32 Å². The van der Waals surface area contributed by atoms with E-state index in [0.717, 1.165) is 22.4 Å². The van der Waals surface area contributed by atoms with Gasteiger partial charge in [0, 0.05) is 13.1 Å². The number of methoxy groups -OCH3 is 1. The normalized spacial score (nSPS) is 10.2. The van der Waals surface area contributed by atoms with Crippen LogP contribution in [0.25, 0.3) is 0 Å². The number of nitrogens with one attached hydrogen (secondary N) is 1. The topological polar surface area (TPSA) is 30.5 Å². The van der Waals surface area contributed by atoms with E-state index >= 15 is 0 Å². The summed E-state index contributed by atoms with van der Waals surface area (Å²) in [6.07, 6.45) is 0. The molecule has 28 heavy (non-hydrogen) atoms. The Hall–Kier alpha value is -2.56. The van der Waals surface area contributed by atoms with E-state index in [9.17, 15) is 4.39 Å². The predicted molar refractivity (Wildman–Crippen MR) is 113 cm³/mol. The summed E-state index contributed by atoms with van der Waals surface area (Å²) in [6, 6.07) is 20.7. The second kappa shape index (κ2) is 10.7. The van der Waals surface area contributed by atoms with Crippen LogP contribution in [-0.2, 0) is 19.7 Å². The highest BCUT2D eigenvalue weighted by atomic mass is 35.5. The van der Waals surface area contributed by atoms with E-state index in [0.29, 0.717) is 25.4 Å². The third-order valence-corrected chi connectivity index (χ3v) is 4.28. The van der Waals surface area contributed by atoms with Crippen LogP contribution in [0.1, 0.15) is 22.3 Å². The van der Waals surface area contributed by atoms with Crippen molar-refractivity contribution in [2.75, 3.05) is 7.11 Å². The molecule has 0 aliphatic carbocycles. The van der Waals surface area contributed by atoms with Crippen LogP contribution in [0.5, 0.6) is 11.5 Å². The molecule has 0 spiro atoms. The molecule has 0 unspecified atom stereocenters. The summed E-state index contributed by atoms with van der Waals surface area (Å²) in [5, 5.41) is 3.35. The lowest BCUT2D eigenvalue weighted by Gasteiger charge is -2.13. The highest BCUT2D eigenvalue weighted by molar-refractivity contribution is 5.85. The zero-order valence-electron chi connectivity index (χ0n) is 16.1. The van der Waals surface area contributed by atoms with Gasteiger partial charge in [-0.25, -0.2) is 4.39 Å². The first kappa shape index (κ1) is 21.7. The summed E-state index contributed by atoms with van der Waals surface area (Å²) in [7, 11) is 1.64. The summed E-state index contributed by atoms with van der Waals surface area (Å²) in [5.74, 6) is 1.22. The number of halogens is 2. The number of ether oxygens (including phenoxy) is 2. The van der Waals surface area contributed by atoms with Crippen molar-refractivity contribution in [3.8, 4) is 11.5 Å². The SMILES string of the molecule is COc1cc(CNCc2ccc(F)cc2)ccc1OCc1cccc(C)c1.Cl. The quantitative estimate of drug-likeness (QED) is 0.545. The molecule has 0 fully saturated rings. The van der Waals surface area contributed by atoms with Crippen molar-refractivity contribution >= 4 is 12.4 Å². The standard InChI is InChI=1S/C23H24FNO2.ClH/c1-17-4-3-5-20(12-17)16-27-22-11-8-19(13-23(22)26-2)15-25-14-18-6-9-21(24)10-7-18;/h3-13,25H,14-16H2,1-2H3;1H. The van der Waals surface area contributed by atoms with Crippen molar-refractivity contribution in [2.24, 2.45) is 0 Å². The minimum atomic E-state index is -0.218. The molecule has 3 aromatic carbocycles. The summed E-state index contributed by atoms with van der Waals surface area (Å²) in [5.41, 5.74) is 4.48. The van der Waals surface area contributed by atoms with Crippen LogP contribution in [-0.4, -0.2) is 7.11 Å². The number of hydrogen-bond acceptors (Lipinski definition) is 3. The molecule has 1 N–H and O–H groups in total. The Morgan fingerprint density at radius 2 is 1.54 bits per heavy atom. The molecule has 5 heteroatoms. The fourth-order valence-corrected chi connectivity index (χ4v) is 2.86. The predicted octanol–water partition coefficient (Wildman–Crippen LogP) is 5.43. The minimum Gasteiger partial charge on any atom is -0.493 e.